The third kappa shape index (κ3) is 1.97. The first-order chi connectivity index (χ1) is 6.71. The third-order valence-electron chi connectivity index (χ3n) is 2.55. The van der Waals surface area contributed by atoms with Crippen LogP contribution in [0.15, 0.2) is 22.8 Å². The predicted molar refractivity (Wildman–Crippen MR) is 57.9 cm³/mol. The average Bonchev–Trinajstić information content (AvgIpc) is 2.19. The zero-order valence-corrected chi connectivity index (χ0v) is 9.42. The lowest BCUT2D eigenvalue weighted by molar-refractivity contribution is 0.00811. The van der Waals surface area contributed by atoms with Crippen molar-refractivity contribution < 1.29 is 5.11 Å². The van der Waals surface area contributed by atoms with E-state index in [1.54, 1.807) is 0 Å². The number of pyridine rings is 1. The van der Waals surface area contributed by atoms with Crippen LogP contribution in [-0.4, -0.2) is 23.2 Å². The van der Waals surface area contributed by atoms with Crippen LogP contribution in [0, 0.1) is 0 Å². The van der Waals surface area contributed by atoms with Crippen molar-refractivity contribution in [3.63, 3.8) is 0 Å². The van der Waals surface area contributed by atoms with Gasteiger partial charge in [-0.1, -0.05) is 6.07 Å². The van der Waals surface area contributed by atoms with E-state index in [0.29, 0.717) is 6.54 Å². The fraction of sp³-hybridized carbons (Fsp3) is 0.500. The van der Waals surface area contributed by atoms with Crippen LogP contribution in [0.25, 0.3) is 0 Å². The van der Waals surface area contributed by atoms with E-state index >= 15 is 0 Å². The van der Waals surface area contributed by atoms with E-state index in [0.717, 1.165) is 29.7 Å². The first-order valence-electron chi connectivity index (χ1n) is 4.77. The van der Waals surface area contributed by atoms with Gasteiger partial charge in [0, 0.05) is 6.54 Å². The van der Waals surface area contributed by atoms with Gasteiger partial charge in [-0.2, -0.15) is 0 Å². The summed E-state index contributed by atoms with van der Waals surface area (Å²) < 4.78 is 0.772. The van der Waals surface area contributed by atoms with Crippen molar-refractivity contribution in [1.82, 2.24) is 10.3 Å². The van der Waals surface area contributed by atoms with E-state index in [4.69, 9.17) is 0 Å². The lowest BCUT2D eigenvalue weighted by atomic mass is 9.90. The number of nitrogens with one attached hydrogen (secondary N) is 1. The number of rotatable bonds is 1. The molecule has 76 valence electrons. The summed E-state index contributed by atoms with van der Waals surface area (Å²) in [6.45, 7) is 1.58. The lowest BCUT2D eigenvalue weighted by Crippen LogP contribution is -2.43. The minimum Gasteiger partial charge on any atom is -0.382 e. The number of β-amino-alcohol motifs (C(OH)–C–C–N with tert-alkyl or cyclic N) is 1. The average molecular weight is 257 g/mol. The Balaban J connectivity index is 2.28. The molecule has 1 aliphatic heterocycles. The topological polar surface area (TPSA) is 45.2 Å². The summed E-state index contributed by atoms with van der Waals surface area (Å²) in [7, 11) is 0. The summed E-state index contributed by atoms with van der Waals surface area (Å²) in [5.41, 5.74) is -0.0405. The molecule has 0 bridgehead atoms. The van der Waals surface area contributed by atoms with Gasteiger partial charge in [0.15, 0.2) is 0 Å². The van der Waals surface area contributed by atoms with Crippen molar-refractivity contribution in [2.45, 2.75) is 18.4 Å². The quantitative estimate of drug-likeness (QED) is 0.748. The van der Waals surface area contributed by atoms with E-state index in [1.165, 1.54) is 0 Å². The van der Waals surface area contributed by atoms with Crippen molar-refractivity contribution in [3.8, 4) is 0 Å². The van der Waals surface area contributed by atoms with E-state index in [-0.39, 0.29) is 0 Å². The maximum Gasteiger partial charge on any atom is 0.119 e. The van der Waals surface area contributed by atoms with Crippen molar-refractivity contribution >= 4 is 15.9 Å². The van der Waals surface area contributed by atoms with Crippen LogP contribution in [0.3, 0.4) is 0 Å². The van der Waals surface area contributed by atoms with E-state index in [2.05, 4.69) is 26.2 Å². The highest BCUT2D eigenvalue weighted by molar-refractivity contribution is 9.10. The summed E-state index contributed by atoms with van der Waals surface area (Å²) in [5.74, 6) is 0. The number of aliphatic hydroxyl groups is 1. The van der Waals surface area contributed by atoms with E-state index in [1.807, 2.05) is 18.2 Å². The van der Waals surface area contributed by atoms with Gasteiger partial charge in [0.25, 0.3) is 0 Å². The van der Waals surface area contributed by atoms with Crippen LogP contribution in [0.2, 0.25) is 0 Å². The molecule has 1 unspecified atom stereocenters. The molecular formula is C10H13BrN2O. The van der Waals surface area contributed by atoms with E-state index < -0.39 is 5.60 Å². The maximum absolute atomic E-state index is 10.3. The molecule has 1 fully saturated rings. The second-order valence-corrected chi connectivity index (χ2v) is 4.47. The van der Waals surface area contributed by atoms with Crippen LogP contribution in [-0.2, 0) is 5.60 Å². The second kappa shape index (κ2) is 3.96. The van der Waals surface area contributed by atoms with Gasteiger partial charge in [-0.25, -0.2) is 4.98 Å². The molecule has 1 aromatic heterocycles. The monoisotopic (exact) mass is 256 g/mol. The second-order valence-electron chi connectivity index (χ2n) is 3.66. The molecule has 14 heavy (non-hydrogen) atoms. The lowest BCUT2D eigenvalue weighted by Gasteiger charge is -2.32. The molecule has 0 aromatic carbocycles. The molecule has 1 atom stereocenters. The molecule has 0 radical (unpaired) electrons. The highest BCUT2D eigenvalue weighted by atomic mass is 79.9. The molecule has 1 saturated heterocycles. The maximum atomic E-state index is 10.3. The van der Waals surface area contributed by atoms with Gasteiger partial charge in [-0.3, -0.25) is 0 Å². The molecule has 0 saturated carbocycles. The Labute approximate surface area is 91.7 Å². The first-order valence-corrected chi connectivity index (χ1v) is 5.56. The van der Waals surface area contributed by atoms with Gasteiger partial charge in [-0.05, 0) is 47.4 Å². The molecule has 2 heterocycles. The summed E-state index contributed by atoms with van der Waals surface area (Å²) in [6, 6.07) is 5.64. The van der Waals surface area contributed by atoms with Crippen LogP contribution in [0.5, 0.6) is 0 Å². The highest BCUT2D eigenvalue weighted by Gasteiger charge is 2.32. The highest BCUT2D eigenvalue weighted by Crippen LogP contribution is 2.27. The minimum absolute atomic E-state index is 0.594. The molecule has 1 aliphatic rings. The summed E-state index contributed by atoms with van der Waals surface area (Å²) in [4.78, 5) is 4.30. The molecule has 1 aromatic rings. The Morgan fingerprint density at radius 1 is 1.50 bits per heavy atom. The molecule has 2 N–H and O–H groups in total. The third-order valence-corrected chi connectivity index (χ3v) is 2.99. The molecular weight excluding hydrogens is 244 g/mol. The number of hydrogen-bond donors (Lipinski definition) is 2. The smallest absolute Gasteiger partial charge is 0.119 e. The SMILES string of the molecule is OC1(c2cccc(Br)n2)CCCNC1. The number of halogens is 1. The van der Waals surface area contributed by atoms with Crippen LogP contribution in [0.1, 0.15) is 18.5 Å². The van der Waals surface area contributed by atoms with Gasteiger partial charge >= 0.3 is 0 Å². The van der Waals surface area contributed by atoms with E-state index in [9.17, 15) is 5.11 Å². The molecule has 4 heteroatoms. The Bertz CT molecular complexity index is 324. The Morgan fingerprint density at radius 2 is 2.36 bits per heavy atom. The number of piperidine rings is 1. The molecule has 0 spiro atoms. The van der Waals surface area contributed by atoms with Crippen molar-refractivity contribution in [3.05, 3.63) is 28.5 Å². The molecule has 0 aliphatic carbocycles. The molecule has 0 amide bonds. The minimum atomic E-state index is -0.790. The largest absolute Gasteiger partial charge is 0.382 e. The summed E-state index contributed by atoms with van der Waals surface area (Å²) >= 11 is 3.31. The van der Waals surface area contributed by atoms with Crippen LogP contribution >= 0.6 is 15.9 Å². The normalized spacial score (nSPS) is 27.6. The van der Waals surface area contributed by atoms with Gasteiger partial charge < -0.3 is 10.4 Å². The van der Waals surface area contributed by atoms with Gasteiger partial charge in [0.05, 0.1) is 5.69 Å². The Hall–Kier alpha value is -0.450. The number of hydrogen-bond acceptors (Lipinski definition) is 3. The summed E-state index contributed by atoms with van der Waals surface area (Å²) in [6.07, 6.45) is 1.77. The number of aromatic nitrogens is 1. The molecule has 3 nitrogen and oxygen atoms in total. The fourth-order valence-electron chi connectivity index (χ4n) is 1.78. The van der Waals surface area contributed by atoms with Crippen molar-refractivity contribution in [1.29, 1.82) is 0 Å². The van der Waals surface area contributed by atoms with Crippen LogP contribution < -0.4 is 5.32 Å². The molecule has 2 rings (SSSR count). The fourth-order valence-corrected chi connectivity index (χ4v) is 2.12. The van der Waals surface area contributed by atoms with Crippen molar-refractivity contribution in [2.75, 3.05) is 13.1 Å². The summed E-state index contributed by atoms with van der Waals surface area (Å²) in [5, 5.41) is 13.5. The standard InChI is InChI=1S/C10H13BrN2O/c11-9-4-1-3-8(13-9)10(14)5-2-6-12-7-10/h1,3-4,12,14H,2,5-7H2. The number of nitrogens with zero attached hydrogens (tertiary/aromatic N) is 1. The zero-order valence-electron chi connectivity index (χ0n) is 7.83. The van der Waals surface area contributed by atoms with Gasteiger partial charge in [-0.15, -0.1) is 0 Å². The predicted octanol–water partition coefficient (Wildman–Crippen LogP) is 1.42. The van der Waals surface area contributed by atoms with Gasteiger partial charge in [0.2, 0.25) is 0 Å². The van der Waals surface area contributed by atoms with Gasteiger partial charge in [0.1, 0.15) is 10.2 Å². The van der Waals surface area contributed by atoms with Crippen molar-refractivity contribution in [2.24, 2.45) is 0 Å². The van der Waals surface area contributed by atoms with Crippen LogP contribution in [0.4, 0.5) is 0 Å². The zero-order chi connectivity index (χ0) is 10.0. The Morgan fingerprint density at radius 3 is 3.00 bits per heavy atom. The Kier molecular flexibility index (Phi) is 2.85. The first kappa shape index (κ1) is 10.1.